The third-order valence-corrected chi connectivity index (χ3v) is 4.61. The number of anilines is 1. The Morgan fingerprint density at radius 1 is 0.958 bits per heavy atom. The van der Waals surface area contributed by atoms with Gasteiger partial charge in [0.2, 0.25) is 0 Å². The first-order valence-electron chi connectivity index (χ1n) is 6.92. The normalized spacial score (nSPS) is 10.4. The predicted octanol–water partition coefficient (Wildman–Crippen LogP) is 5.83. The number of benzene rings is 2. The number of nitrogens with zero attached hydrogens (tertiary/aromatic N) is 2. The van der Waals surface area contributed by atoms with E-state index in [2.05, 4.69) is 11.1 Å². The minimum atomic E-state index is 0.135. The average molecular weight is 375 g/mol. The van der Waals surface area contributed by atoms with Gasteiger partial charge in [-0.1, -0.05) is 59.1 Å². The number of rotatable bonds is 2. The first-order chi connectivity index (χ1) is 11.5. The smallest absolute Gasteiger partial charge is 0.142 e. The van der Waals surface area contributed by atoms with E-state index >= 15 is 0 Å². The molecule has 118 valence electrons. The maximum atomic E-state index is 9.46. The molecule has 0 atom stereocenters. The highest BCUT2D eigenvalue weighted by Crippen LogP contribution is 2.38. The summed E-state index contributed by atoms with van der Waals surface area (Å²) in [6.07, 6.45) is 0. The van der Waals surface area contributed by atoms with Gasteiger partial charge in [-0.05, 0) is 24.3 Å². The van der Waals surface area contributed by atoms with Crippen molar-refractivity contribution in [3.05, 3.63) is 69.2 Å². The van der Waals surface area contributed by atoms with Crippen molar-refractivity contribution in [1.82, 2.24) is 4.98 Å². The Morgan fingerprint density at radius 3 is 2.33 bits per heavy atom. The second kappa shape index (κ2) is 6.70. The van der Waals surface area contributed by atoms with Gasteiger partial charge in [-0.2, -0.15) is 5.26 Å². The van der Waals surface area contributed by atoms with Crippen molar-refractivity contribution in [2.75, 3.05) is 5.73 Å². The van der Waals surface area contributed by atoms with E-state index in [1.165, 1.54) is 0 Å². The lowest BCUT2D eigenvalue weighted by molar-refractivity contribution is 1.31. The summed E-state index contributed by atoms with van der Waals surface area (Å²) in [5.74, 6) is 0.135. The van der Waals surface area contributed by atoms with Gasteiger partial charge in [0.25, 0.3) is 0 Å². The summed E-state index contributed by atoms with van der Waals surface area (Å²) in [6.45, 7) is 0. The van der Waals surface area contributed by atoms with E-state index in [1.807, 2.05) is 12.1 Å². The molecule has 0 saturated heterocycles. The Hall–Kier alpha value is -2.25. The van der Waals surface area contributed by atoms with E-state index in [-0.39, 0.29) is 11.4 Å². The van der Waals surface area contributed by atoms with Gasteiger partial charge in [0.15, 0.2) is 0 Å². The molecule has 0 spiro atoms. The Labute approximate surface area is 154 Å². The summed E-state index contributed by atoms with van der Waals surface area (Å²) in [6, 6.07) is 16.3. The average Bonchev–Trinajstić information content (AvgIpc) is 2.57. The molecule has 3 rings (SSSR count). The molecule has 0 aliphatic heterocycles. The van der Waals surface area contributed by atoms with Crippen molar-refractivity contribution in [1.29, 1.82) is 5.26 Å². The lowest BCUT2D eigenvalue weighted by Gasteiger charge is -2.12. The quantitative estimate of drug-likeness (QED) is 0.614. The van der Waals surface area contributed by atoms with Crippen molar-refractivity contribution in [2.24, 2.45) is 0 Å². The van der Waals surface area contributed by atoms with Gasteiger partial charge < -0.3 is 5.73 Å². The highest BCUT2D eigenvalue weighted by molar-refractivity contribution is 6.43. The Morgan fingerprint density at radius 2 is 1.67 bits per heavy atom. The lowest BCUT2D eigenvalue weighted by atomic mass is 9.98. The van der Waals surface area contributed by atoms with Crippen molar-refractivity contribution < 1.29 is 0 Å². The number of halogens is 3. The predicted molar refractivity (Wildman–Crippen MR) is 99.3 cm³/mol. The van der Waals surface area contributed by atoms with Crippen LogP contribution in [0.1, 0.15) is 5.56 Å². The van der Waals surface area contributed by atoms with Gasteiger partial charge in [0, 0.05) is 21.7 Å². The fraction of sp³-hybridized carbons (Fsp3) is 0. The zero-order valence-electron chi connectivity index (χ0n) is 12.2. The molecule has 3 nitrogen and oxygen atoms in total. The van der Waals surface area contributed by atoms with E-state index in [1.54, 1.807) is 36.4 Å². The topological polar surface area (TPSA) is 62.7 Å². The van der Waals surface area contributed by atoms with E-state index in [0.29, 0.717) is 31.9 Å². The van der Waals surface area contributed by atoms with Gasteiger partial charge in [0.1, 0.15) is 17.5 Å². The van der Waals surface area contributed by atoms with Crippen LogP contribution in [0.15, 0.2) is 48.5 Å². The number of hydrogen-bond acceptors (Lipinski definition) is 3. The van der Waals surface area contributed by atoms with Crippen LogP contribution in [-0.2, 0) is 0 Å². The number of aromatic nitrogens is 1. The van der Waals surface area contributed by atoms with Crippen molar-refractivity contribution in [3.8, 4) is 28.5 Å². The highest BCUT2D eigenvalue weighted by atomic mass is 35.5. The minimum absolute atomic E-state index is 0.135. The molecule has 1 heterocycles. The first kappa shape index (κ1) is 16.6. The molecule has 0 saturated carbocycles. The minimum Gasteiger partial charge on any atom is -0.383 e. The molecular weight excluding hydrogens is 365 g/mol. The van der Waals surface area contributed by atoms with Gasteiger partial charge in [-0.15, -0.1) is 0 Å². The van der Waals surface area contributed by atoms with Crippen LogP contribution in [0, 0.1) is 11.3 Å². The van der Waals surface area contributed by atoms with Crippen LogP contribution in [0.2, 0.25) is 15.1 Å². The third kappa shape index (κ3) is 3.05. The number of pyridine rings is 1. The van der Waals surface area contributed by atoms with Crippen LogP contribution in [0.4, 0.5) is 5.82 Å². The largest absolute Gasteiger partial charge is 0.383 e. The van der Waals surface area contributed by atoms with Crippen LogP contribution < -0.4 is 5.73 Å². The summed E-state index contributed by atoms with van der Waals surface area (Å²) in [4.78, 5) is 4.32. The van der Waals surface area contributed by atoms with Gasteiger partial charge in [0.05, 0.1) is 15.7 Å². The molecule has 3 aromatic rings. The molecule has 0 radical (unpaired) electrons. The molecule has 6 heteroatoms. The first-order valence-corrected chi connectivity index (χ1v) is 8.05. The van der Waals surface area contributed by atoms with Crippen molar-refractivity contribution in [2.45, 2.75) is 0 Å². The summed E-state index contributed by atoms with van der Waals surface area (Å²) in [7, 11) is 0. The molecule has 24 heavy (non-hydrogen) atoms. The molecule has 0 amide bonds. The maximum Gasteiger partial charge on any atom is 0.142 e. The zero-order valence-corrected chi connectivity index (χ0v) is 14.5. The summed E-state index contributed by atoms with van der Waals surface area (Å²) >= 11 is 18.3. The molecule has 2 aromatic carbocycles. The second-order valence-electron chi connectivity index (χ2n) is 5.04. The van der Waals surface area contributed by atoms with Crippen LogP contribution >= 0.6 is 34.8 Å². The van der Waals surface area contributed by atoms with E-state index in [4.69, 9.17) is 40.5 Å². The fourth-order valence-electron chi connectivity index (χ4n) is 2.38. The highest BCUT2D eigenvalue weighted by Gasteiger charge is 2.16. The Bertz CT molecular complexity index is 960. The maximum absolute atomic E-state index is 9.46. The molecule has 0 fully saturated rings. The SMILES string of the molecule is N#Cc1c(-c2cccc(Cl)c2Cl)cc(-c2ccc(Cl)cc2)nc1N. The Kier molecular flexibility index (Phi) is 4.64. The summed E-state index contributed by atoms with van der Waals surface area (Å²) in [5, 5.41) is 10.8. The summed E-state index contributed by atoms with van der Waals surface area (Å²) in [5.41, 5.74) is 8.91. The summed E-state index contributed by atoms with van der Waals surface area (Å²) < 4.78 is 0. The molecule has 1 aromatic heterocycles. The number of nitriles is 1. The monoisotopic (exact) mass is 373 g/mol. The van der Waals surface area contributed by atoms with E-state index in [0.717, 1.165) is 5.56 Å². The standard InChI is InChI=1S/C18H10Cl3N3/c19-11-6-4-10(5-7-11)16-8-13(14(9-22)18(23)24-16)12-2-1-3-15(20)17(12)21/h1-8H,(H2,23,24). The molecule has 2 N–H and O–H groups in total. The van der Waals surface area contributed by atoms with Crippen molar-refractivity contribution >= 4 is 40.6 Å². The van der Waals surface area contributed by atoms with Crippen LogP contribution in [0.3, 0.4) is 0 Å². The van der Waals surface area contributed by atoms with Gasteiger partial charge in [-0.3, -0.25) is 0 Å². The van der Waals surface area contributed by atoms with Gasteiger partial charge in [-0.25, -0.2) is 4.98 Å². The zero-order chi connectivity index (χ0) is 17.3. The Balaban J connectivity index is 2.27. The van der Waals surface area contributed by atoms with Crippen LogP contribution in [0.5, 0.6) is 0 Å². The number of nitrogens with two attached hydrogens (primary N) is 1. The van der Waals surface area contributed by atoms with Crippen LogP contribution in [0.25, 0.3) is 22.4 Å². The number of hydrogen-bond donors (Lipinski definition) is 1. The second-order valence-corrected chi connectivity index (χ2v) is 6.26. The molecule has 0 bridgehead atoms. The van der Waals surface area contributed by atoms with Crippen LogP contribution in [-0.4, -0.2) is 4.98 Å². The lowest BCUT2D eigenvalue weighted by Crippen LogP contribution is -2.00. The van der Waals surface area contributed by atoms with E-state index < -0.39 is 0 Å². The van der Waals surface area contributed by atoms with Crippen molar-refractivity contribution in [3.63, 3.8) is 0 Å². The molecule has 0 unspecified atom stereocenters. The molecule has 0 aliphatic rings. The van der Waals surface area contributed by atoms with Gasteiger partial charge >= 0.3 is 0 Å². The molecule has 0 aliphatic carbocycles. The third-order valence-electron chi connectivity index (χ3n) is 3.54. The van der Waals surface area contributed by atoms with E-state index in [9.17, 15) is 5.26 Å². The fourth-order valence-corrected chi connectivity index (χ4v) is 2.90. The molecular formula is C18H10Cl3N3. The number of nitrogen functional groups attached to an aromatic ring is 1.